The first-order chi connectivity index (χ1) is 19.3. The first-order valence-electron chi connectivity index (χ1n) is 13.9. The van der Waals surface area contributed by atoms with Crippen molar-refractivity contribution < 1.29 is 9.31 Å². The quantitative estimate of drug-likeness (QED) is 0.208. The van der Waals surface area contributed by atoms with E-state index in [0.717, 1.165) is 33.7 Å². The molecule has 5 aromatic carbocycles. The van der Waals surface area contributed by atoms with Crippen molar-refractivity contribution in [2.75, 3.05) is 4.90 Å². The second kappa shape index (κ2) is 10.5. The standard InChI is InChI=1S/C36H34BNO2/c1-35(2)36(3,4)40-37(39-35)31-19-11-16-28(24-31)30-18-13-23-34(26-30)38(32-20-9-6-10-21-32)33-22-12-17-29(25-33)27-14-7-5-8-15-27/h5-26H,1-4H3. The Morgan fingerprint density at radius 1 is 0.450 bits per heavy atom. The zero-order valence-corrected chi connectivity index (χ0v) is 23.5. The summed E-state index contributed by atoms with van der Waals surface area (Å²) < 4.78 is 12.7. The van der Waals surface area contributed by atoms with E-state index in [1.165, 1.54) is 11.1 Å². The van der Waals surface area contributed by atoms with Gasteiger partial charge in [-0.3, -0.25) is 0 Å². The number of anilines is 3. The van der Waals surface area contributed by atoms with Gasteiger partial charge in [0.2, 0.25) is 0 Å². The lowest BCUT2D eigenvalue weighted by atomic mass is 9.78. The van der Waals surface area contributed by atoms with Crippen molar-refractivity contribution in [1.82, 2.24) is 0 Å². The smallest absolute Gasteiger partial charge is 0.399 e. The maximum absolute atomic E-state index is 6.34. The summed E-state index contributed by atoms with van der Waals surface area (Å²) in [5.74, 6) is 0. The van der Waals surface area contributed by atoms with Crippen LogP contribution in [0.1, 0.15) is 27.7 Å². The van der Waals surface area contributed by atoms with Gasteiger partial charge in [0, 0.05) is 17.1 Å². The lowest BCUT2D eigenvalue weighted by molar-refractivity contribution is 0.00578. The van der Waals surface area contributed by atoms with E-state index in [1.54, 1.807) is 0 Å². The van der Waals surface area contributed by atoms with E-state index in [2.05, 4.69) is 166 Å². The summed E-state index contributed by atoms with van der Waals surface area (Å²) in [4.78, 5) is 2.31. The lowest BCUT2D eigenvalue weighted by Gasteiger charge is -2.32. The molecule has 0 aliphatic carbocycles. The van der Waals surface area contributed by atoms with Gasteiger partial charge in [0.15, 0.2) is 0 Å². The first kappa shape index (κ1) is 26.1. The van der Waals surface area contributed by atoms with Crippen molar-refractivity contribution in [2.45, 2.75) is 38.9 Å². The number of nitrogens with zero attached hydrogens (tertiary/aromatic N) is 1. The minimum absolute atomic E-state index is 0.377. The molecule has 1 aliphatic heterocycles. The topological polar surface area (TPSA) is 21.7 Å². The van der Waals surface area contributed by atoms with E-state index in [-0.39, 0.29) is 11.2 Å². The van der Waals surface area contributed by atoms with Crippen molar-refractivity contribution in [3.05, 3.63) is 133 Å². The van der Waals surface area contributed by atoms with Crippen LogP contribution in [-0.4, -0.2) is 18.3 Å². The van der Waals surface area contributed by atoms with Crippen molar-refractivity contribution >= 4 is 29.6 Å². The van der Waals surface area contributed by atoms with Gasteiger partial charge < -0.3 is 14.2 Å². The molecule has 0 unspecified atom stereocenters. The molecule has 40 heavy (non-hydrogen) atoms. The highest BCUT2D eigenvalue weighted by molar-refractivity contribution is 6.62. The first-order valence-corrected chi connectivity index (χ1v) is 13.9. The van der Waals surface area contributed by atoms with Gasteiger partial charge in [-0.2, -0.15) is 0 Å². The molecule has 1 aliphatic rings. The van der Waals surface area contributed by atoms with E-state index >= 15 is 0 Å². The van der Waals surface area contributed by atoms with Gasteiger partial charge in [0.05, 0.1) is 11.2 Å². The SMILES string of the molecule is CC1(C)OB(c2cccc(-c3cccc(N(c4ccccc4)c4cccc(-c5ccccc5)c4)c3)c2)OC1(C)C. The predicted octanol–water partition coefficient (Wildman–Crippen LogP) is 8.79. The molecule has 0 amide bonds. The van der Waals surface area contributed by atoms with E-state index < -0.39 is 7.12 Å². The molecule has 3 nitrogen and oxygen atoms in total. The van der Waals surface area contributed by atoms with Crippen LogP contribution >= 0.6 is 0 Å². The third kappa shape index (κ3) is 5.09. The molecular weight excluding hydrogens is 489 g/mol. The van der Waals surface area contributed by atoms with Crippen LogP contribution in [-0.2, 0) is 9.31 Å². The molecule has 4 heteroatoms. The summed E-state index contributed by atoms with van der Waals surface area (Å²) in [6.07, 6.45) is 0. The highest BCUT2D eigenvalue weighted by Gasteiger charge is 2.51. The molecule has 0 N–H and O–H groups in total. The molecule has 0 saturated carbocycles. The molecule has 0 radical (unpaired) electrons. The van der Waals surface area contributed by atoms with Crippen LogP contribution < -0.4 is 10.4 Å². The molecule has 1 fully saturated rings. The van der Waals surface area contributed by atoms with Crippen molar-refractivity contribution in [2.24, 2.45) is 0 Å². The zero-order valence-electron chi connectivity index (χ0n) is 23.5. The maximum Gasteiger partial charge on any atom is 0.494 e. The average Bonchev–Trinajstić information content (AvgIpc) is 3.21. The highest BCUT2D eigenvalue weighted by Crippen LogP contribution is 2.39. The van der Waals surface area contributed by atoms with Crippen LogP contribution in [0.2, 0.25) is 0 Å². The molecule has 1 saturated heterocycles. The maximum atomic E-state index is 6.34. The summed E-state index contributed by atoms with van der Waals surface area (Å²) in [6.45, 7) is 8.35. The van der Waals surface area contributed by atoms with Crippen LogP contribution in [0.5, 0.6) is 0 Å². The van der Waals surface area contributed by atoms with Gasteiger partial charge >= 0.3 is 7.12 Å². The van der Waals surface area contributed by atoms with Gasteiger partial charge in [-0.1, -0.05) is 97.1 Å². The molecule has 0 atom stereocenters. The number of hydrogen-bond acceptors (Lipinski definition) is 3. The van der Waals surface area contributed by atoms with Crippen molar-refractivity contribution in [1.29, 1.82) is 0 Å². The minimum Gasteiger partial charge on any atom is -0.399 e. The van der Waals surface area contributed by atoms with Crippen LogP contribution in [0.15, 0.2) is 133 Å². The summed E-state index contributed by atoms with van der Waals surface area (Å²) in [7, 11) is -0.394. The molecule has 0 aromatic heterocycles. The molecule has 6 rings (SSSR count). The van der Waals surface area contributed by atoms with E-state index in [9.17, 15) is 0 Å². The average molecular weight is 523 g/mol. The second-order valence-electron chi connectivity index (χ2n) is 11.4. The normalized spacial score (nSPS) is 15.7. The van der Waals surface area contributed by atoms with Crippen LogP contribution in [0.3, 0.4) is 0 Å². The second-order valence-corrected chi connectivity index (χ2v) is 11.4. The summed E-state index contributed by atoms with van der Waals surface area (Å²) in [5.41, 5.74) is 8.22. The monoisotopic (exact) mass is 523 g/mol. The molecule has 198 valence electrons. The molecule has 0 spiro atoms. The van der Waals surface area contributed by atoms with Crippen molar-refractivity contribution in [3.8, 4) is 22.3 Å². The Morgan fingerprint density at radius 2 is 0.875 bits per heavy atom. The number of hydrogen-bond donors (Lipinski definition) is 0. The largest absolute Gasteiger partial charge is 0.494 e. The third-order valence-corrected chi connectivity index (χ3v) is 8.08. The van der Waals surface area contributed by atoms with E-state index in [1.807, 2.05) is 0 Å². The Labute approximate surface area is 238 Å². The van der Waals surface area contributed by atoms with Gasteiger partial charge in [-0.15, -0.1) is 0 Å². The molecule has 5 aromatic rings. The summed E-state index contributed by atoms with van der Waals surface area (Å²) >= 11 is 0. The zero-order chi connectivity index (χ0) is 27.7. The predicted molar refractivity (Wildman–Crippen MR) is 168 cm³/mol. The fourth-order valence-corrected chi connectivity index (χ4v) is 5.15. The Hall–Kier alpha value is -4.12. The Bertz CT molecular complexity index is 1600. The number of benzene rings is 5. The number of para-hydroxylation sites is 1. The fraction of sp³-hybridized carbons (Fsp3) is 0.167. The molecular formula is C36H34BNO2. The Kier molecular flexibility index (Phi) is 6.83. The Balaban J connectivity index is 1.39. The van der Waals surface area contributed by atoms with Crippen LogP contribution in [0.4, 0.5) is 17.1 Å². The van der Waals surface area contributed by atoms with Gasteiger partial charge in [0.1, 0.15) is 0 Å². The summed E-state index contributed by atoms with van der Waals surface area (Å²) in [6, 6.07) is 47.0. The number of rotatable bonds is 6. The minimum atomic E-state index is -0.394. The summed E-state index contributed by atoms with van der Waals surface area (Å²) in [5, 5.41) is 0. The fourth-order valence-electron chi connectivity index (χ4n) is 5.15. The van der Waals surface area contributed by atoms with Gasteiger partial charge in [-0.05, 0) is 91.8 Å². The molecule has 0 bridgehead atoms. The molecule has 1 heterocycles. The van der Waals surface area contributed by atoms with E-state index in [4.69, 9.17) is 9.31 Å². The van der Waals surface area contributed by atoms with Gasteiger partial charge in [-0.25, -0.2) is 0 Å². The van der Waals surface area contributed by atoms with Crippen LogP contribution in [0, 0.1) is 0 Å². The Morgan fingerprint density at radius 3 is 1.45 bits per heavy atom. The third-order valence-electron chi connectivity index (χ3n) is 8.08. The highest BCUT2D eigenvalue weighted by atomic mass is 16.7. The van der Waals surface area contributed by atoms with Crippen molar-refractivity contribution in [3.63, 3.8) is 0 Å². The lowest BCUT2D eigenvalue weighted by Crippen LogP contribution is -2.41. The van der Waals surface area contributed by atoms with Crippen LogP contribution in [0.25, 0.3) is 22.3 Å². The van der Waals surface area contributed by atoms with Gasteiger partial charge in [0.25, 0.3) is 0 Å². The van der Waals surface area contributed by atoms with E-state index in [0.29, 0.717) is 0 Å².